The van der Waals surface area contributed by atoms with E-state index < -0.39 is 11.8 Å². The first-order valence-electron chi connectivity index (χ1n) is 9.36. The van der Waals surface area contributed by atoms with Gasteiger partial charge in [-0.05, 0) is 54.3 Å². The number of anilines is 2. The second-order valence-electron chi connectivity index (χ2n) is 6.80. The maximum absolute atomic E-state index is 13.5. The molecular weight excluding hydrogens is 436 g/mol. The molecule has 1 N–H and O–H groups in total. The Hall–Kier alpha value is -3.29. The van der Waals surface area contributed by atoms with Crippen LogP contribution in [-0.4, -0.2) is 26.0 Å². The van der Waals surface area contributed by atoms with Gasteiger partial charge in [-0.25, -0.2) is 4.90 Å². The molecule has 6 nitrogen and oxygen atoms in total. The van der Waals surface area contributed by atoms with Crippen LogP contribution in [0.25, 0.3) is 5.57 Å². The van der Waals surface area contributed by atoms with Gasteiger partial charge >= 0.3 is 0 Å². The topological polar surface area (TPSA) is 67.9 Å². The van der Waals surface area contributed by atoms with Crippen LogP contribution >= 0.6 is 22.9 Å². The number of imide groups is 1. The van der Waals surface area contributed by atoms with E-state index in [1.807, 2.05) is 24.4 Å². The minimum absolute atomic E-state index is 0.185. The van der Waals surface area contributed by atoms with Gasteiger partial charge in [0.15, 0.2) is 0 Å². The highest BCUT2D eigenvalue weighted by Crippen LogP contribution is 2.39. The first-order valence-corrected chi connectivity index (χ1v) is 10.6. The van der Waals surface area contributed by atoms with Gasteiger partial charge in [-0.2, -0.15) is 0 Å². The number of halogens is 1. The fraction of sp³-hybridized carbons (Fsp3) is 0.130. The number of rotatable bonds is 6. The Morgan fingerprint density at radius 3 is 2.45 bits per heavy atom. The van der Waals surface area contributed by atoms with Crippen molar-refractivity contribution >= 4 is 51.7 Å². The van der Waals surface area contributed by atoms with E-state index in [0.717, 1.165) is 5.56 Å². The van der Waals surface area contributed by atoms with Crippen LogP contribution in [-0.2, 0) is 9.59 Å². The number of ether oxygens (including phenoxy) is 2. The fourth-order valence-electron chi connectivity index (χ4n) is 3.42. The molecule has 0 atom stereocenters. The molecule has 8 heteroatoms. The van der Waals surface area contributed by atoms with Crippen LogP contribution in [0.2, 0.25) is 5.02 Å². The summed E-state index contributed by atoms with van der Waals surface area (Å²) in [4.78, 5) is 28.8. The van der Waals surface area contributed by atoms with Crippen LogP contribution in [0.15, 0.2) is 59.6 Å². The van der Waals surface area contributed by atoms with Crippen molar-refractivity contribution in [2.45, 2.75) is 6.92 Å². The number of thiophene rings is 1. The van der Waals surface area contributed by atoms with Crippen LogP contribution in [0.1, 0.15) is 10.4 Å². The lowest BCUT2D eigenvalue weighted by Crippen LogP contribution is -2.33. The van der Waals surface area contributed by atoms with E-state index in [4.69, 9.17) is 21.1 Å². The molecule has 1 aliphatic rings. The molecule has 0 radical (unpaired) electrons. The number of carbonyl (C=O) groups is 2. The molecule has 0 fully saturated rings. The van der Waals surface area contributed by atoms with Crippen molar-refractivity contribution < 1.29 is 19.1 Å². The Kier molecular flexibility index (Phi) is 5.71. The van der Waals surface area contributed by atoms with E-state index >= 15 is 0 Å². The van der Waals surface area contributed by atoms with Crippen molar-refractivity contribution in [1.82, 2.24) is 0 Å². The molecular formula is C23H19ClN2O4S. The van der Waals surface area contributed by atoms with E-state index in [1.54, 1.807) is 43.5 Å². The van der Waals surface area contributed by atoms with Crippen LogP contribution in [0.4, 0.5) is 11.4 Å². The maximum Gasteiger partial charge on any atom is 0.282 e. The third-order valence-corrected chi connectivity index (χ3v) is 6.04. The fourth-order valence-corrected chi connectivity index (χ4v) is 4.41. The van der Waals surface area contributed by atoms with Crippen molar-refractivity contribution in [2.24, 2.45) is 0 Å². The lowest BCUT2D eigenvalue weighted by atomic mass is 10.1. The van der Waals surface area contributed by atoms with Crippen molar-refractivity contribution in [2.75, 3.05) is 24.4 Å². The monoisotopic (exact) mass is 454 g/mol. The summed E-state index contributed by atoms with van der Waals surface area (Å²) in [5.74, 6) is 0.255. The van der Waals surface area contributed by atoms with Gasteiger partial charge in [-0.1, -0.05) is 17.7 Å². The number of nitrogens with zero attached hydrogens (tertiary/aromatic N) is 1. The van der Waals surface area contributed by atoms with Crippen molar-refractivity contribution in [3.63, 3.8) is 0 Å². The molecule has 2 amide bonds. The highest BCUT2D eigenvalue weighted by molar-refractivity contribution is 7.11. The molecule has 31 heavy (non-hydrogen) atoms. The molecule has 2 heterocycles. The van der Waals surface area contributed by atoms with Gasteiger partial charge in [0.1, 0.15) is 17.2 Å². The summed E-state index contributed by atoms with van der Waals surface area (Å²) in [6, 6.07) is 13.9. The molecule has 0 unspecified atom stereocenters. The van der Waals surface area contributed by atoms with Crippen molar-refractivity contribution in [1.29, 1.82) is 0 Å². The summed E-state index contributed by atoms with van der Waals surface area (Å²) in [5, 5.41) is 5.53. The summed E-state index contributed by atoms with van der Waals surface area (Å²) >= 11 is 7.46. The number of nitrogens with one attached hydrogen (secondary N) is 1. The van der Waals surface area contributed by atoms with E-state index in [-0.39, 0.29) is 5.70 Å². The van der Waals surface area contributed by atoms with Crippen LogP contribution in [0, 0.1) is 6.92 Å². The van der Waals surface area contributed by atoms with E-state index in [9.17, 15) is 9.59 Å². The number of aryl methyl sites for hydroxylation is 1. The molecule has 0 bridgehead atoms. The van der Waals surface area contributed by atoms with Gasteiger partial charge in [0.05, 0.1) is 31.2 Å². The highest BCUT2D eigenvalue weighted by atomic mass is 35.5. The largest absolute Gasteiger partial charge is 0.497 e. The molecule has 4 rings (SSSR count). The van der Waals surface area contributed by atoms with Gasteiger partial charge in [-0.3, -0.25) is 9.59 Å². The minimum atomic E-state index is -0.448. The van der Waals surface area contributed by atoms with Crippen LogP contribution < -0.4 is 19.7 Å². The summed E-state index contributed by atoms with van der Waals surface area (Å²) in [6.07, 6.45) is 0. The lowest BCUT2D eigenvalue weighted by molar-refractivity contribution is -0.120. The molecule has 0 saturated heterocycles. The van der Waals surface area contributed by atoms with E-state index in [2.05, 4.69) is 5.32 Å². The van der Waals surface area contributed by atoms with Crippen molar-refractivity contribution in [3.05, 3.63) is 75.1 Å². The Morgan fingerprint density at radius 1 is 1.00 bits per heavy atom. The zero-order valence-corrected chi connectivity index (χ0v) is 18.6. The average molecular weight is 455 g/mol. The number of carbonyl (C=O) groups excluding carboxylic acids is 2. The second-order valence-corrected chi connectivity index (χ2v) is 8.18. The molecule has 3 aromatic rings. The molecule has 0 saturated carbocycles. The van der Waals surface area contributed by atoms with Gasteiger partial charge in [0, 0.05) is 16.0 Å². The molecule has 0 aliphatic carbocycles. The Labute approximate surface area is 188 Å². The molecule has 1 aliphatic heterocycles. The highest BCUT2D eigenvalue weighted by Gasteiger charge is 2.41. The summed E-state index contributed by atoms with van der Waals surface area (Å²) < 4.78 is 10.7. The predicted octanol–water partition coefficient (Wildman–Crippen LogP) is 5.12. The Bertz CT molecular complexity index is 1200. The summed E-state index contributed by atoms with van der Waals surface area (Å²) in [7, 11) is 3.09. The molecule has 2 aromatic carbocycles. The van der Waals surface area contributed by atoms with Gasteiger partial charge in [0.25, 0.3) is 11.8 Å². The smallest absolute Gasteiger partial charge is 0.282 e. The third-order valence-electron chi connectivity index (χ3n) is 4.92. The number of benzene rings is 2. The predicted molar refractivity (Wildman–Crippen MR) is 123 cm³/mol. The number of methoxy groups -OCH3 is 2. The third kappa shape index (κ3) is 3.78. The van der Waals surface area contributed by atoms with Crippen molar-refractivity contribution in [3.8, 4) is 11.5 Å². The number of hydrogen-bond acceptors (Lipinski definition) is 6. The van der Waals surface area contributed by atoms with Crippen LogP contribution in [0.5, 0.6) is 11.5 Å². The standard InChI is InChI=1S/C23H19ClN2O4S/c1-13-11-14(24)6-9-17(13)26-22(27)20(19-5-4-10-31-19)21(23(26)28)25-16-8-7-15(29-2)12-18(16)30-3/h4-12,25H,1-3H3. The van der Waals surface area contributed by atoms with E-state index in [1.165, 1.54) is 23.3 Å². The van der Waals surface area contributed by atoms with Gasteiger partial charge in [0.2, 0.25) is 0 Å². The Balaban J connectivity index is 1.81. The first-order chi connectivity index (χ1) is 14.9. The zero-order chi connectivity index (χ0) is 22.1. The SMILES string of the molecule is COc1ccc(NC2=C(c3cccs3)C(=O)N(c3ccc(Cl)cc3C)C2=O)c(OC)c1. The lowest BCUT2D eigenvalue weighted by Gasteiger charge is -2.18. The molecule has 158 valence electrons. The van der Waals surface area contributed by atoms with Crippen LogP contribution in [0.3, 0.4) is 0 Å². The summed E-state index contributed by atoms with van der Waals surface area (Å²) in [5.41, 5.74) is 2.26. The molecule has 1 aromatic heterocycles. The van der Waals surface area contributed by atoms with Gasteiger partial charge in [-0.15, -0.1) is 11.3 Å². The zero-order valence-electron chi connectivity index (χ0n) is 17.1. The second kappa shape index (κ2) is 8.45. The maximum atomic E-state index is 13.5. The molecule has 0 spiro atoms. The Morgan fingerprint density at radius 2 is 1.81 bits per heavy atom. The number of hydrogen-bond donors (Lipinski definition) is 1. The number of amides is 2. The summed E-state index contributed by atoms with van der Waals surface area (Å²) in [6.45, 7) is 1.81. The normalized spacial score (nSPS) is 13.7. The quantitative estimate of drug-likeness (QED) is 0.523. The van der Waals surface area contributed by atoms with Gasteiger partial charge < -0.3 is 14.8 Å². The first kappa shape index (κ1) is 21.0. The minimum Gasteiger partial charge on any atom is -0.497 e. The van der Waals surface area contributed by atoms with E-state index in [0.29, 0.717) is 38.3 Å². The average Bonchev–Trinajstić information content (AvgIpc) is 3.36.